The molecule has 0 saturated heterocycles. The zero-order valence-corrected chi connectivity index (χ0v) is 5.38. The smallest absolute Gasteiger partial charge is 0.193 e. The van der Waals surface area contributed by atoms with Gasteiger partial charge in [-0.1, -0.05) is 18.2 Å². The predicted octanol–water partition coefficient (Wildman–Crippen LogP) is 0.349. The van der Waals surface area contributed by atoms with Crippen molar-refractivity contribution < 1.29 is 9.18 Å². The average Bonchev–Trinajstić information content (AvgIpc) is 2.34. The van der Waals surface area contributed by atoms with Crippen LogP contribution in [0.15, 0.2) is 23.8 Å². The minimum Gasteiger partial charge on any atom is -0.321 e. The first kappa shape index (κ1) is 7.15. The van der Waals surface area contributed by atoms with Crippen LogP contribution < -0.4 is 5.73 Å². The minimum absolute atomic E-state index is 0.217. The molecule has 1 aliphatic carbocycles. The molecule has 1 rings (SSSR count). The number of rotatable bonds is 2. The molecule has 0 spiro atoms. The van der Waals surface area contributed by atoms with E-state index in [-0.39, 0.29) is 6.04 Å². The lowest BCUT2D eigenvalue weighted by molar-refractivity contribution is -0.116. The lowest BCUT2D eigenvalue weighted by Gasteiger charge is -1.91. The summed E-state index contributed by atoms with van der Waals surface area (Å²) in [5.74, 6) is -0.496. The molecule has 2 N–H and O–H groups in total. The molecule has 0 bridgehead atoms. The van der Waals surface area contributed by atoms with Crippen LogP contribution in [-0.4, -0.2) is 18.5 Å². The van der Waals surface area contributed by atoms with Crippen LogP contribution in [0.25, 0.3) is 0 Å². The van der Waals surface area contributed by atoms with E-state index in [1.165, 1.54) is 0 Å². The van der Waals surface area contributed by atoms with Crippen LogP contribution in [0, 0.1) is 0 Å². The molecule has 0 fully saturated rings. The van der Waals surface area contributed by atoms with E-state index in [4.69, 9.17) is 5.73 Å². The van der Waals surface area contributed by atoms with E-state index in [0.717, 1.165) is 0 Å². The number of nitrogens with two attached hydrogens (primary N) is 1. The van der Waals surface area contributed by atoms with Gasteiger partial charge in [-0.2, -0.15) is 0 Å². The van der Waals surface area contributed by atoms with Crippen LogP contribution in [0.3, 0.4) is 0 Å². The Bertz CT molecular complexity index is 208. The number of hydrogen-bond donors (Lipinski definition) is 1. The Hall–Kier alpha value is -0.960. The van der Waals surface area contributed by atoms with Crippen molar-refractivity contribution >= 4 is 5.78 Å². The molecule has 0 aromatic heterocycles. The van der Waals surface area contributed by atoms with Crippen molar-refractivity contribution in [2.24, 2.45) is 5.73 Å². The molecule has 0 saturated carbocycles. The van der Waals surface area contributed by atoms with E-state index in [0.29, 0.717) is 5.57 Å². The normalized spacial score (nSPS) is 23.0. The number of carbonyl (C=O) groups is 1. The summed E-state index contributed by atoms with van der Waals surface area (Å²) in [6.45, 7) is -0.942. The second-order valence-electron chi connectivity index (χ2n) is 2.12. The van der Waals surface area contributed by atoms with Crippen LogP contribution in [0.2, 0.25) is 0 Å². The summed E-state index contributed by atoms with van der Waals surface area (Å²) in [5, 5.41) is 0. The monoisotopic (exact) mass is 141 g/mol. The fourth-order valence-electron chi connectivity index (χ4n) is 0.796. The highest BCUT2D eigenvalue weighted by molar-refractivity contribution is 5.99. The zero-order valence-electron chi connectivity index (χ0n) is 5.38. The van der Waals surface area contributed by atoms with Gasteiger partial charge in [0.25, 0.3) is 0 Å². The highest BCUT2D eigenvalue weighted by Gasteiger charge is 2.11. The van der Waals surface area contributed by atoms with Gasteiger partial charge >= 0.3 is 0 Å². The molecule has 0 aliphatic heterocycles. The van der Waals surface area contributed by atoms with E-state index >= 15 is 0 Å². The number of ketones is 1. The first-order valence-electron chi connectivity index (χ1n) is 2.99. The number of Topliss-reactive ketones (excluding diaryl/α,β-unsaturated/α-hetero) is 1. The van der Waals surface area contributed by atoms with Crippen LogP contribution >= 0.6 is 0 Å². The largest absolute Gasteiger partial charge is 0.321 e. The summed E-state index contributed by atoms with van der Waals surface area (Å²) < 4.78 is 11.7. The molecule has 0 aromatic carbocycles. The first-order valence-corrected chi connectivity index (χ1v) is 2.99. The Morgan fingerprint density at radius 1 is 1.80 bits per heavy atom. The fraction of sp³-hybridized carbons (Fsp3) is 0.286. The van der Waals surface area contributed by atoms with Gasteiger partial charge in [0.05, 0.1) is 0 Å². The van der Waals surface area contributed by atoms with Crippen LogP contribution in [-0.2, 0) is 4.79 Å². The molecule has 1 unspecified atom stereocenters. The van der Waals surface area contributed by atoms with Gasteiger partial charge in [-0.25, -0.2) is 4.39 Å². The quantitative estimate of drug-likeness (QED) is 0.603. The Balaban J connectivity index is 2.68. The molecule has 54 valence electrons. The van der Waals surface area contributed by atoms with Crippen LogP contribution in [0.4, 0.5) is 4.39 Å². The third-order valence-corrected chi connectivity index (χ3v) is 1.31. The van der Waals surface area contributed by atoms with Crippen molar-refractivity contribution in [2.45, 2.75) is 6.04 Å². The van der Waals surface area contributed by atoms with Crippen molar-refractivity contribution in [3.05, 3.63) is 23.8 Å². The van der Waals surface area contributed by atoms with E-state index in [9.17, 15) is 9.18 Å². The maximum atomic E-state index is 11.7. The van der Waals surface area contributed by atoms with E-state index in [2.05, 4.69) is 0 Å². The summed E-state index contributed by atoms with van der Waals surface area (Å²) in [6, 6.07) is -0.217. The van der Waals surface area contributed by atoms with Crippen LogP contribution in [0.5, 0.6) is 0 Å². The summed E-state index contributed by atoms with van der Waals surface area (Å²) in [6.07, 6.45) is 4.75. The molecule has 0 amide bonds. The summed E-state index contributed by atoms with van der Waals surface area (Å²) in [7, 11) is 0. The predicted molar refractivity (Wildman–Crippen MR) is 36.2 cm³/mol. The van der Waals surface area contributed by atoms with Gasteiger partial charge in [-0.15, -0.1) is 0 Å². The van der Waals surface area contributed by atoms with Crippen molar-refractivity contribution in [1.29, 1.82) is 0 Å². The van der Waals surface area contributed by atoms with E-state index in [1.54, 1.807) is 18.2 Å². The third kappa shape index (κ3) is 1.30. The lowest BCUT2D eigenvalue weighted by Crippen LogP contribution is -2.11. The SMILES string of the molecule is NC1C=CC(C(=O)CF)=C1. The zero-order chi connectivity index (χ0) is 7.56. The van der Waals surface area contributed by atoms with E-state index in [1.807, 2.05) is 0 Å². The molecule has 2 nitrogen and oxygen atoms in total. The maximum Gasteiger partial charge on any atom is 0.193 e. The number of allylic oxidation sites excluding steroid dienone is 2. The molecule has 0 radical (unpaired) electrons. The molecule has 10 heavy (non-hydrogen) atoms. The first-order chi connectivity index (χ1) is 4.74. The van der Waals surface area contributed by atoms with Gasteiger partial charge in [0.15, 0.2) is 12.5 Å². The number of alkyl halides is 1. The Labute approximate surface area is 58.2 Å². The number of carbonyl (C=O) groups excluding carboxylic acids is 1. The number of halogens is 1. The molecular formula is C7H8FNO. The van der Waals surface area contributed by atoms with Gasteiger partial charge in [0.1, 0.15) is 0 Å². The van der Waals surface area contributed by atoms with Crippen molar-refractivity contribution in [2.75, 3.05) is 6.67 Å². The molecular weight excluding hydrogens is 133 g/mol. The molecule has 1 aliphatic rings. The average molecular weight is 141 g/mol. The summed E-state index contributed by atoms with van der Waals surface area (Å²) in [4.78, 5) is 10.6. The van der Waals surface area contributed by atoms with Gasteiger partial charge in [0, 0.05) is 11.6 Å². The maximum absolute atomic E-state index is 11.7. The molecule has 0 aromatic rings. The highest BCUT2D eigenvalue weighted by atomic mass is 19.1. The van der Waals surface area contributed by atoms with Crippen molar-refractivity contribution in [3.8, 4) is 0 Å². The van der Waals surface area contributed by atoms with Crippen molar-refractivity contribution in [1.82, 2.24) is 0 Å². The van der Waals surface area contributed by atoms with Gasteiger partial charge < -0.3 is 5.73 Å². The van der Waals surface area contributed by atoms with Gasteiger partial charge in [-0.3, -0.25) is 4.79 Å². The van der Waals surface area contributed by atoms with Gasteiger partial charge in [-0.05, 0) is 0 Å². The second-order valence-corrected chi connectivity index (χ2v) is 2.12. The Kier molecular flexibility index (Phi) is 1.97. The lowest BCUT2D eigenvalue weighted by atomic mass is 10.2. The molecule has 3 heteroatoms. The Morgan fingerprint density at radius 3 is 2.90 bits per heavy atom. The standard InChI is InChI=1S/C7H8FNO/c8-4-7(10)5-1-2-6(9)3-5/h1-3,6H,4,9H2. The highest BCUT2D eigenvalue weighted by Crippen LogP contribution is 2.08. The molecule has 0 heterocycles. The van der Waals surface area contributed by atoms with Crippen LogP contribution in [0.1, 0.15) is 0 Å². The third-order valence-electron chi connectivity index (χ3n) is 1.31. The second kappa shape index (κ2) is 2.75. The Morgan fingerprint density at radius 2 is 2.50 bits per heavy atom. The van der Waals surface area contributed by atoms with E-state index < -0.39 is 12.5 Å². The number of hydrogen-bond acceptors (Lipinski definition) is 2. The molecule has 1 atom stereocenters. The van der Waals surface area contributed by atoms with Crippen molar-refractivity contribution in [3.63, 3.8) is 0 Å². The summed E-state index contributed by atoms with van der Waals surface area (Å²) in [5.41, 5.74) is 5.76. The minimum atomic E-state index is -0.942. The fourth-order valence-corrected chi connectivity index (χ4v) is 0.796. The topological polar surface area (TPSA) is 43.1 Å². The van der Waals surface area contributed by atoms with Gasteiger partial charge in [0.2, 0.25) is 0 Å². The summed E-state index contributed by atoms with van der Waals surface area (Å²) >= 11 is 0.